The van der Waals surface area contributed by atoms with Gasteiger partial charge < -0.3 is 14.2 Å². The maximum Gasteiger partial charge on any atom is 0.573 e. The summed E-state index contributed by atoms with van der Waals surface area (Å²) in [7, 11) is 0. The minimum Gasteiger partial charge on any atom is -0.406 e. The summed E-state index contributed by atoms with van der Waals surface area (Å²) >= 11 is 0. The number of rotatable bonds is 4. The quantitative estimate of drug-likeness (QED) is 0.325. The summed E-state index contributed by atoms with van der Waals surface area (Å²) in [5.41, 5.74) is 6.94. The maximum absolute atomic E-state index is 12.5. The van der Waals surface area contributed by atoms with E-state index in [1.165, 1.54) is 28.8 Å². The molecule has 178 valence electrons. The Hall–Kier alpha value is -3.19. The van der Waals surface area contributed by atoms with Crippen LogP contribution in [0.15, 0.2) is 60.8 Å². The molecule has 3 heterocycles. The van der Waals surface area contributed by atoms with E-state index in [0.717, 1.165) is 47.5 Å². The average molecular weight is 488 g/mol. The lowest BCUT2D eigenvalue weighted by molar-refractivity contribution is -0.274. The summed E-state index contributed by atoms with van der Waals surface area (Å²) in [5.74, 6) is 0.723. The molecule has 1 aliphatic heterocycles. The lowest BCUT2D eigenvalue weighted by Gasteiger charge is -2.30. The minimum absolute atomic E-state index is 0. The molecular formula is C26H25ClF3N3O. The van der Waals surface area contributed by atoms with E-state index >= 15 is 0 Å². The number of hydrogen-bond donors (Lipinski definition) is 0. The predicted molar refractivity (Wildman–Crippen MR) is 130 cm³/mol. The van der Waals surface area contributed by atoms with Crippen LogP contribution in [0.2, 0.25) is 0 Å². The molecule has 0 fully saturated rings. The Kier molecular flexibility index (Phi) is 6.49. The highest BCUT2D eigenvalue weighted by Crippen LogP contribution is 2.34. The van der Waals surface area contributed by atoms with Gasteiger partial charge in [0.2, 0.25) is 0 Å². The van der Waals surface area contributed by atoms with Crippen molar-refractivity contribution in [3.63, 3.8) is 0 Å². The number of anilines is 1. The van der Waals surface area contributed by atoms with Gasteiger partial charge >= 0.3 is 6.36 Å². The average Bonchev–Trinajstić information content (AvgIpc) is 3.04. The molecule has 0 aliphatic carbocycles. The Labute approximate surface area is 202 Å². The Morgan fingerprint density at radius 3 is 2.38 bits per heavy atom. The number of fused-ring (bicyclic) bond motifs is 2. The number of aryl methyl sites for hydroxylation is 1. The van der Waals surface area contributed by atoms with E-state index in [9.17, 15) is 13.2 Å². The summed E-state index contributed by atoms with van der Waals surface area (Å²) in [4.78, 5) is 7.09. The molecule has 5 rings (SSSR count). The van der Waals surface area contributed by atoms with E-state index in [1.54, 1.807) is 12.1 Å². The smallest absolute Gasteiger partial charge is 0.406 e. The summed E-state index contributed by atoms with van der Waals surface area (Å²) in [5, 5.41) is 1.15. The van der Waals surface area contributed by atoms with Crippen LogP contribution in [0.3, 0.4) is 0 Å². The first-order chi connectivity index (χ1) is 15.8. The summed E-state index contributed by atoms with van der Waals surface area (Å²) < 4.78 is 43.7. The molecule has 0 saturated heterocycles. The fraction of sp³-hybridized carbons (Fsp3) is 0.269. The number of pyridine rings is 1. The zero-order chi connectivity index (χ0) is 23.2. The van der Waals surface area contributed by atoms with E-state index in [0.29, 0.717) is 6.54 Å². The van der Waals surface area contributed by atoms with Crippen molar-refractivity contribution in [3.05, 3.63) is 88.7 Å². The molecule has 34 heavy (non-hydrogen) atoms. The Morgan fingerprint density at radius 2 is 1.68 bits per heavy atom. The third-order valence-electron chi connectivity index (χ3n) is 6.45. The molecule has 0 N–H and O–H groups in total. The number of halogens is 4. The normalized spacial score (nSPS) is 13.5. The van der Waals surface area contributed by atoms with Gasteiger partial charge in [0, 0.05) is 36.9 Å². The van der Waals surface area contributed by atoms with Gasteiger partial charge in [0.15, 0.2) is 5.82 Å². The van der Waals surface area contributed by atoms with Gasteiger partial charge in [-0.25, -0.2) is 4.98 Å². The van der Waals surface area contributed by atoms with Crippen LogP contribution in [0.4, 0.5) is 19.0 Å². The van der Waals surface area contributed by atoms with Crippen LogP contribution >= 0.6 is 12.4 Å². The van der Waals surface area contributed by atoms with Crippen LogP contribution in [0, 0.1) is 13.8 Å². The number of ether oxygens (including phenoxy) is 1. The zero-order valence-electron chi connectivity index (χ0n) is 18.9. The lowest BCUT2D eigenvalue weighted by atomic mass is 10.00. The highest BCUT2D eigenvalue weighted by atomic mass is 35.5. The second-order valence-corrected chi connectivity index (χ2v) is 8.46. The van der Waals surface area contributed by atoms with Crippen molar-refractivity contribution in [2.75, 3.05) is 11.4 Å². The summed E-state index contributed by atoms with van der Waals surface area (Å²) in [6.07, 6.45) is -1.87. The van der Waals surface area contributed by atoms with Gasteiger partial charge in [0.1, 0.15) is 5.75 Å². The third kappa shape index (κ3) is 4.57. The number of hydrogen-bond acceptors (Lipinski definition) is 3. The molecule has 0 bridgehead atoms. The van der Waals surface area contributed by atoms with Crippen LogP contribution in [0.5, 0.6) is 5.75 Å². The van der Waals surface area contributed by atoms with Crippen LogP contribution in [-0.2, 0) is 19.5 Å². The first kappa shape index (κ1) is 24.0. The van der Waals surface area contributed by atoms with E-state index in [1.807, 2.05) is 12.3 Å². The molecule has 2 aromatic carbocycles. The monoisotopic (exact) mass is 487 g/mol. The second-order valence-electron chi connectivity index (χ2n) is 8.46. The lowest BCUT2D eigenvalue weighted by Crippen LogP contribution is -2.31. The first-order valence-corrected chi connectivity index (χ1v) is 10.9. The van der Waals surface area contributed by atoms with Crippen molar-refractivity contribution in [1.82, 2.24) is 9.55 Å². The van der Waals surface area contributed by atoms with Gasteiger partial charge in [0.05, 0.1) is 5.52 Å². The SMILES string of the molecule is Cc1c(C)n(Cc2ccc(OC(F)(F)F)cc2)c2c(N3CCc4ccccc4C3)nccc12.Cl. The van der Waals surface area contributed by atoms with Crippen molar-refractivity contribution in [2.45, 2.75) is 39.7 Å². The van der Waals surface area contributed by atoms with E-state index in [4.69, 9.17) is 4.98 Å². The Balaban J connectivity index is 0.00000274. The maximum atomic E-state index is 12.5. The van der Waals surface area contributed by atoms with Gasteiger partial charge in [-0.05, 0) is 60.7 Å². The Bertz CT molecular complexity index is 1320. The van der Waals surface area contributed by atoms with E-state index < -0.39 is 6.36 Å². The van der Waals surface area contributed by atoms with Gasteiger partial charge in [-0.3, -0.25) is 0 Å². The van der Waals surface area contributed by atoms with Crippen LogP contribution in [0.25, 0.3) is 10.9 Å². The van der Waals surface area contributed by atoms with Crippen molar-refractivity contribution >= 4 is 29.1 Å². The molecule has 1 aliphatic rings. The molecule has 0 radical (unpaired) electrons. The highest BCUT2D eigenvalue weighted by Gasteiger charge is 2.31. The topological polar surface area (TPSA) is 30.3 Å². The van der Waals surface area contributed by atoms with Crippen molar-refractivity contribution < 1.29 is 17.9 Å². The molecule has 0 atom stereocenters. The molecule has 4 aromatic rings. The number of aromatic nitrogens is 2. The van der Waals surface area contributed by atoms with Crippen molar-refractivity contribution in [1.29, 1.82) is 0 Å². The van der Waals surface area contributed by atoms with Gasteiger partial charge in [-0.2, -0.15) is 0 Å². The Morgan fingerprint density at radius 1 is 0.971 bits per heavy atom. The highest BCUT2D eigenvalue weighted by molar-refractivity contribution is 5.93. The molecule has 4 nitrogen and oxygen atoms in total. The number of alkyl halides is 3. The van der Waals surface area contributed by atoms with E-state index in [2.05, 4.69) is 52.3 Å². The molecule has 8 heteroatoms. The molecule has 0 unspecified atom stereocenters. The fourth-order valence-corrected chi connectivity index (χ4v) is 4.66. The van der Waals surface area contributed by atoms with Crippen LogP contribution < -0.4 is 9.64 Å². The zero-order valence-corrected chi connectivity index (χ0v) is 19.7. The summed E-state index contributed by atoms with van der Waals surface area (Å²) in [6.45, 7) is 6.39. The van der Waals surface area contributed by atoms with Crippen molar-refractivity contribution in [3.8, 4) is 5.75 Å². The summed E-state index contributed by atoms with van der Waals surface area (Å²) in [6, 6.07) is 16.6. The second kappa shape index (κ2) is 9.22. The van der Waals surface area contributed by atoms with Gasteiger partial charge in [-0.1, -0.05) is 36.4 Å². The molecule has 0 amide bonds. The molecule has 0 spiro atoms. The molecular weight excluding hydrogens is 463 g/mol. The van der Waals surface area contributed by atoms with Crippen LogP contribution in [0.1, 0.15) is 27.9 Å². The minimum atomic E-state index is -4.69. The molecule has 0 saturated carbocycles. The fourth-order valence-electron chi connectivity index (χ4n) is 4.66. The van der Waals surface area contributed by atoms with E-state index in [-0.39, 0.29) is 18.2 Å². The standard InChI is InChI=1S/C26H24F3N3O.ClH/c1-17-18(2)32(15-19-7-9-22(10-8-19)33-26(27,28)29)24-23(17)11-13-30-25(24)31-14-12-20-5-3-4-6-21(20)16-31;/h3-11,13H,12,14-16H2,1-2H3;1H. The number of nitrogens with zero attached hydrogens (tertiary/aromatic N) is 3. The third-order valence-corrected chi connectivity index (χ3v) is 6.45. The number of benzene rings is 2. The predicted octanol–water partition coefficient (Wildman–Crippen LogP) is 6.58. The largest absolute Gasteiger partial charge is 0.573 e. The molecule has 2 aromatic heterocycles. The van der Waals surface area contributed by atoms with Crippen LogP contribution in [-0.4, -0.2) is 22.5 Å². The first-order valence-electron chi connectivity index (χ1n) is 10.9. The van der Waals surface area contributed by atoms with Gasteiger partial charge in [0.25, 0.3) is 0 Å². The van der Waals surface area contributed by atoms with Gasteiger partial charge in [-0.15, -0.1) is 25.6 Å². The van der Waals surface area contributed by atoms with Crippen molar-refractivity contribution in [2.24, 2.45) is 0 Å².